The smallest absolute Gasteiger partial charge is 0.237 e. The summed E-state index contributed by atoms with van der Waals surface area (Å²) in [7, 11) is 1.63. The average Bonchev–Trinajstić information content (AvgIpc) is 2.38. The highest BCUT2D eigenvalue weighted by molar-refractivity contribution is 5.81. The molecule has 1 amide bonds. The van der Waals surface area contributed by atoms with E-state index in [1.54, 1.807) is 7.11 Å². The molecule has 0 saturated heterocycles. The van der Waals surface area contributed by atoms with Crippen LogP contribution in [0.1, 0.15) is 43.9 Å². The molecule has 0 saturated carbocycles. The van der Waals surface area contributed by atoms with E-state index in [1.165, 1.54) is 0 Å². The first-order valence-electron chi connectivity index (χ1n) is 6.70. The molecule has 0 spiro atoms. The molecule has 0 radical (unpaired) electrons. The van der Waals surface area contributed by atoms with E-state index >= 15 is 0 Å². The van der Waals surface area contributed by atoms with Crippen molar-refractivity contribution in [2.24, 2.45) is 5.73 Å². The normalized spacial score (nSPS) is 13.7. The van der Waals surface area contributed by atoms with Crippen molar-refractivity contribution in [3.63, 3.8) is 0 Å². The number of nitrogens with one attached hydrogen (secondary N) is 1. The first-order valence-corrected chi connectivity index (χ1v) is 6.70. The van der Waals surface area contributed by atoms with Crippen LogP contribution in [0.2, 0.25) is 0 Å². The van der Waals surface area contributed by atoms with Crippen molar-refractivity contribution < 1.29 is 9.53 Å². The predicted octanol–water partition coefficient (Wildman–Crippen LogP) is 2.31. The van der Waals surface area contributed by atoms with Crippen molar-refractivity contribution in [3.8, 4) is 5.75 Å². The van der Waals surface area contributed by atoms with Crippen molar-refractivity contribution in [3.05, 3.63) is 29.3 Å². The molecule has 1 aromatic carbocycles. The van der Waals surface area contributed by atoms with E-state index in [1.807, 2.05) is 39.0 Å². The van der Waals surface area contributed by atoms with Crippen molar-refractivity contribution in [2.75, 3.05) is 7.11 Å². The number of benzene rings is 1. The van der Waals surface area contributed by atoms with Crippen molar-refractivity contribution in [1.29, 1.82) is 0 Å². The Labute approximate surface area is 115 Å². The lowest BCUT2D eigenvalue weighted by Crippen LogP contribution is -2.41. The topological polar surface area (TPSA) is 64.4 Å². The number of hydrogen-bond acceptors (Lipinski definition) is 3. The Morgan fingerprint density at radius 2 is 2.16 bits per heavy atom. The zero-order valence-electron chi connectivity index (χ0n) is 12.2. The summed E-state index contributed by atoms with van der Waals surface area (Å²) in [5, 5.41) is 2.94. The molecule has 4 heteroatoms. The van der Waals surface area contributed by atoms with Gasteiger partial charge in [0, 0.05) is 5.56 Å². The van der Waals surface area contributed by atoms with Crippen LogP contribution < -0.4 is 15.8 Å². The number of amides is 1. The van der Waals surface area contributed by atoms with Gasteiger partial charge in [-0.25, -0.2) is 0 Å². The van der Waals surface area contributed by atoms with Crippen LogP contribution >= 0.6 is 0 Å². The number of aryl methyl sites for hydroxylation is 1. The van der Waals surface area contributed by atoms with Gasteiger partial charge in [-0.1, -0.05) is 31.0 Å². The van der Waals surface area contributed by atoms with Crippen LogP contribution in [0.3, 0.4) is 0 Å². The molecule has 4 nitrogen and oxygen atoms in total. The Kier molecular flexibility index (Phi) is 5.83. The van der Waals surface area contributed by atoms with Gasteiger partial charge in [0.2, 0.25) is 5.91 Å². The fourth-order valence-corrected chi connectivity index (χ4v) is 2.03. The molecule has 106 valence electrons. The maximum Gasteiger partial charge on any atom is 0.237 e. The molecule has 0 aliphatic rings. The summed E-state index contributed by atoms with van der Waals surface area (Å²) in [5.74, 6) is 0.667. The molecule has 0 aromatic heterocycles. The Hall–Kier alpha value is -1.55. The van der Waals surface area contributed by atoms with Gasteiger partial charge in [0.05, 0.1) is 19.2 Å². The number of hydrogen-bond donors (Lipinski definition) is 2. The summed E-state index contributed by atoms with van der Waals surface area (Å²) in [6.07, 6.45) is 1.60. The van der Waals surface area contributed by atoms with Crippen molar-refractivity contribution >= 4 is 5.91 Å². The SMILES string of the molecule is CCCC(N)C(=O)NC(C)c1cc(C)ccc1OC. The third-order valence-corrected chi connectivity index (χ3v) is 3.15. The second-order valence-electron chi connectivity index (χ2n) is 4.87. The predicted molar refractivity (Wildman–Crippen MR) is 77.2 cm³/mol. The lowest BCUT2D eigenvalue weighted by molar-refractivity contribution is -0.123. The van der Waals surface area contributed by atoms with E-state index in [9.17, 15) is 4.79 Å². The van der Waals surface area contributed by atoms with Crippen molar-refractivity contribution in [1.82, 2.24) is 5.32 Å². The number of ether oxygens (including phenoxy) is 1. The van der Waals surface area contributed by atoms with Gasteiger partial charge in [0.1, 0.15) is 5.75 Å². The Balaban J connectivity index is 2.80. The quantitative estimate of drug-likeness (QED) is 0.828. The summed E-state index contributed by atoms with van der Waals surface area (Å²) < 4.78 is 5.33. The van der Waals surface area contributed by atoms with Gasteiger partial charge < -0.3 is 15.8 Å². The molecule has 0 bridgehead atoms. The van der Waals surface area contributed by atoms with E-state index in [-0.39, 0.29) is 11.9 Å². The van der Waals surface area contributed by atoms with Gasteiger partial charge in [-0.15, -0.1) is 0 Å². The maximum atomic E-state index is 11.9. The number of carbonyl (C=O) groups is 1. The first kappa shape index (κ1) is 15.5. The van der Waals surface area contributed by atoms with Crippen LogP contribution in [0.25, 0.3) is 0 Å². The van der Waals surface area contributed by atoms with E-state index in [4.69, 9.17) is 10.5 Å². The van der Waals surface area contributed by atoms with E-state index in [0.717, 1.165) is 23.3 Å². The monoisotopic (exact) mass is 264 g/mol. The summed E-state index contributed by atoms with van der Waals surface area (Å²) >= 11 is 0. The number of rotatable bonds is 6. The summed E-state index contributed by atoms with van der Waals surface area (Å²) in [6.45, 7) is 5.97. The molecule has 1 aromatic rings. The third kappa shape index (κ3) is 4.24. The minimum Gasteiger partial charge on any atom is -0.496 e. The molecule has 2 unspecified atom stereocenters. The number of nitrogens with two attached hydrogens (primary N) is 1. The number of methoxy groups -OCH3 is 1. The van der Waals surface area contributed by atoms with Gasteiger partial charge in [0.15, 0.2) is 0 Å². The van der Waals surface area contributed by atoms with E-state index in [2.05, 4.69) is 5.32 Å². The lowest BCUT2D eigenvalue weighted by Gasteiger charge is -2.20. The zero-order valence-corrected chi connectivity index (χ0v) is 12.2. The van der Waals surface area contributed by atoms with Gasteiger partial charge in [-0.2, -0.15) is 0 Å². The zero-order chi connectivity index (χ0) is 14.4. The molecule has 0 aliphatic heterocycles. The molecule has 3 N–H and O–H groups in total. The molecule has 19 heavy (non-hydrogen) atoms. The second-order valence-corrected chi connectivity index (χ2v) is 4.87. The average molecular weight is 264 g/mol. The Morgan fingerprint density at radius 3 is 2.74 bits per heavy atom. The highest BCUT2D eigenvalue weighted by Gasteiger charge is 2.18. The highest BCUT2D eigenvalue weighted by atomic mass is 16.5. The summed E-state index contributed by atoms with van der Waals surface area (Å²) in [6, 6.07) is 5.36. The minimum atomic E-state index is -0.441. The fourth-order valence-electron chi connectivity index (χ4n) is 2.03. The van der Waals surface area contributed by atoms with Gasteiger partial charge >= 0.3 is 0 Å². The molecular formula is C15H24N2O2. The molecule has 0 heterocycles. The lowest BCUT2D eigenvalue weighted by atomic mass is 10.0. The summed E-state index contributed by atoms with van der Waals surface area (Å²) in [4.78, 5) is 11.9. The van der Waals surface area contributed by atoms with E-state index < -0.39 is 6.04 Å². The first-order chi connectivity index (χ1) is 8.99. The second kappa shape index (κ2) is 7.14. The van der Waals surface area contributed by atoms with Crippen LogP contribution in [-0.4, -0.2) is 19.1 Å². The van der Waals surface area contributed by atoms with Crippen LogP contribution in [-0.2, 0) is 4.79 Å². The molecular weight excluding hydrogens is 240 g/mol. The summed E-state index contributed by atoms with van der Waals surface area (Å²) in [5.41, 5.74) is 7.92. The fraction of sp³-hybridized carbons (Fsp3) is 0.533. The highest BCUT2D eigenvalue weighted by Crippen LogP contribution is 2.26. The Bertz CT molecular complexity index is 432. The van der Waals surface area contributed by atoms with E-state index in [0.29, 0.717) is 6.42 Å². The Morgan fingerprint density at radius 1 is 1.47 bits per heavy atom. The van der Waals surface area contributed by atoms with Crippen molar-refractivity contribution in [2.45, 2.75) is 45.7 Å². The maximum absolute atomic E-state index is 11.9. The number of carbonyl (C=O) groups excluding carboxylic acids is 1. The van der Waals surface area contributed by atoms with Crippen LogP contribution in [0, 0.1) is 6.92 Å². The van der Waals surface area contributed by atoms with Crippen LogP contribution in [0.5, 0.6) is 5.75 Å². The third-order valence-electron chi connectivity index (χ3n) is 3.15. The van der Waals surface area contributed by atoms with Gasteiger partial charge in [-0.05, 0) is 26.3 Å². The largest absolute Gasteiger partial charge is 0.496 e. The van der Waals surface area contributed by atoms with Gasteiger partial charge in [-0.3, -0.25) is 4.79 Å². The van der Waals surface area contributed by atoms with Crippen LogP contribution in [0.4, 0.5) is 0 Å². The molecule has 1 rings (SSSR count). The van der Waals surface area contributed by atoms with Gasteiger partial charge in [0.25, 0.3) is 0 Å². The molecule has 0 aliphatic carbocycles. The standard InChI is InChI=1S/C15H24N2O2/c1-5-6-13(16)15(18)17-11(3)12-9-10(2)7-8-14(12)19-4/h7-9,11,13H,5-6,16H2,1-4H3,(H,17,18). The minimum absolute atomic E-state index is 0.113. The molecule has 0 fully saturated rings. The van der Waals surface area contributed by atoms with Crippen LogP contribution in [0.15, 0.2) is 18.2 Å². The molecule has 2 atom stereocenters.